The molecule has 3 saturated carbocycles. The highest BCUT2D eigenvalue weighted by molar-refractivity contribution is 5.69. The fourth-order valence-electron chi connectivity index (χ4n) is 9.51. The van der Waals surface area contributed by atoms with Crippen LogP contribution in [0.15, 0.2) is 35.5 Å². The molecule has 0 amide bonds. The largest absolute Gasteiger partial charge is 0.462 e. The summed E-state index contributed by atoms with van der Waals surface area (Å²) in [7, 11) is 0. The lowest BCUT2D eigenvalue weighted by Crippen LogP contribution is -2.46. The van der Waals surface area contributed by atoms with Crippen LogP contribution in [0.3, 0.4) is 0 Å². The summed E-state index contributed by atoms with van der Waals surface area (Å²) in [6.45, 7) is 17.0. The first kappa shape index (κ1) is 33.6. The Bertz CT molecular complexity index is 970. The molecule has 0 aromatic heterocycles. The number of allylic oxidation sites excluding steroid dienone is 5. The first-order chi connectivity index (χ1) is 20.1. The van der Waals surface area contributed by atoms with Crippen molar-refractivity contribution in [3.63, 3.8) is 0 Å². The minimum Gasteiger partial charge on any atom is -0.462 e. The van der Waals surface area contributed by atoms with E-state index in [1.807, 2.05) is 0 Å². The quantitative estimate of drug-likeness (QED) is 0.110. The minimum atomic E-state index is 0.0376. The predicted molar refractivity (Wildman–Crippen MR) is 179 cm³/mol. The van der Waals surface area contributed by atoms with Gasteiger partial charge in [0, 0.05) is 12.8 Å². The molecule has 4 rings (SSSR count). The van der Waals surface area contributed by atoms with Gasteiger partial charge in [0.25, 0.3) is 0 Å². The minimum absolute atomic E-state index is 0.0376. The maximum atomic E-state index is 12.7. The summed E-state index contributed by atoms with van der Waals surface area (Å²) in [6, 6.07) is 0. The third-order valence-electron chi connectivity index (χ3n) is 12.8. The van der Waals surface area contributed by atoms with Crippen LogP contribution in [0, 0.1) is 46.3 Å². The van der Waals surface area contributed by atoms with Gasteiger partial charge < -0.3 is 4.74 Å². The van der Waals surface area contributed by atoms with E-state index in [1.54, 1.807) is 11.1 Å². The Morgan fingerprint density at radius 1 is 0.857 bits per heavy atom. The van der Waals surface area contributed by atoms with Gasteiger partial charge in [0.1, 0.15) is 6.10 Å². The molecular weight excluding hydrogens is 512 g/mol. The van der Waals surface area contributed by atoms with Crippen molar-refractivity contribution in [3.05, 3.63) is 35.5 Å². The van der Waals surface area contributed by atoms with Crippen LogP contribution in [0.5, 0.6) is 0 Å². The summed E-state index contributed by atoms with van der Waals surface area (Å²) in [4.78, 5) is 12.7. The molecule has 0 spiro atoms. The smallest absolute Gasteiger partial charge is 0.306 e. The Hall–Kier alpha value is -1.31. The molecule has 238 valence electrons. The molecule has 4 aliphatic rings. The van der Waals surface area contributed by atoms with Gasteiger partial charge >= 0.3 is 5.97 Å². The number of carbonyl (C=O) groups is 1. The van der Waals surface area contributed by atoms with Crippen LogP contribution in [-0.2, 0) is 9.53 Å². The molecule has 0 aromatic rings. The Kier molecular flexibility index (Phi) is 12.1. The average Bonchev–Trinajstić information content (AvgIpc) is 3.32. The van der Waals surface area contributed by atoms with Crippen LogP contribution < -0.4 is 0 Å². The lowest BCUT2D eigenvalue weighted by molar-refractivity contribution is -0.151. The molecule has 8 atom stereocenters. The zero-order valence-corrected chi connectivity index (χ0v) is 28.7. The van der Waals surface area contributed by atoms with Gasteiger partial charge in [-0.1, -0.05) is 135 Å². The molecule has 42 heavy (non-hydrogen) atoms. The van der Waals surface area contributed by atoms with Gasteiger partial charge in [-0.2, -0.15) is 0 Å². The van der Waals surface area contributed by atoms with Crippen molar-refractivity contribution in [2.45, 2.75) is 164 Å². The first-order valence-electron chi connectivity index (χ1n) is 18.4. The first-order valence-corrected chi connectivity index (χ1v) is 18.4. The highest BCUT2D eigenvalue weighted by Gasteiger charge is 2.57. The summed E-state index contributed by atoms with van der Waals surface area (Å²) >= 11 is 0. The van der Waals surface area contributed by atoms with Gasteiger partial charge in [-0.15, -0.1) is 0 Å². The number of hydrogen-bond donors (Lipinski definition) is 0. The Morgan fingerprint density at radius 2 is 1.55 bits per heavy atom. The summed E-state index contributed by atoms with van der Waals surface area (Å²) in [6.07, 6.45) is 30.8. The molecule has 0 unspecified atom stereocenters. The van der Waals surface area contributed by atoms with Crippen molar-refractivity contribution in [2.75, 3.05) is 0 Å². The van der Waals surface area contributed by atoms with Gasteiger partial charge in [0.2, 0.25) is 0 Å². The van der Waals surface area contributed by atoms with Crippen molar-refractivity contribution in [1.82, 2.24) is 0 Å². The second-order valence-corrected chi connectivity index (χ2v) is 15.9. The molecule has 0 radical (unpaired) electrons. The lowest BCUT2D eigenvalue weighted by Gasteiger charge is -2.55. The standard InChI is InChI=1S/C40H66O2/c1-8-9-10-11-12-13-14-15-16-17-38(41)42-33-24-26-39(6)32(28-33)20-21-34-36-23-22-35(40(36,7)27-25-37(34)39)31(5)19-18-30(4)29(2)3/h18-21,29-31,33,35-37H,8-17,22-28H2,1-7H3/b19-18+/t30-,31+,33-,35+,36-,37-,39-,40+/m0/s1. The number of rotatable bonds is 15. The highest BCUT2D eigenvalue weighted by Crippen LogP contribution is 2.66. The maximum Gasteiger partial charge on any atom is 0.306 e. The molecule has 0 bridgehead atoms. The van der Waals surface area contributed by atoms with E-state index < -0.39 is 0 Å². The molecule has 0 saturated heterocycles. The normalized spacial score (nSPS) is 33.9. The van der Waals surface area contributed by atoms with E-state index in [0.29, 0.717) is 35.5 Å². The third kappa shape index (κ3) is 7.66. The highest BCUT2D eigenvalue weighted by atomic mass is 16.5. The van der Waals surface area contributed by atoms with E-state index in [1.165, 1.54) is 77.0 Å². The van der Waals surface area contributed by atoms with Crippen LogP contribution in [0.4, 0.5) is 0 Å². The molecule has 0 heterocycles. The Morgan fingerprint density at radius 3 is 2.24 bits per heavy atom. The van der Waals surface area contributed by atoms with E-state index in [-0.39, 0.29) is 17.5 Å². The van der Waals surface area contributed by atoms with Crippen LogP contribution in [0.25, 0.3) is 0 Å². The van der Waals surface area contributed by atoms with Crippen LogP contribution in [0.1, 0.15) is 158 Å². The van der Waals surface area contributed by atoms with Gasteiger partial charge in [0.15, 0.2) is 0 Å². The maximum absolute atomic E-state index is 12.7. The van der Waals surface area contributed by atoms with Crippen molar-refractivity contribution in [1.29, 1.82) is 0 Å². The SMILES string of the molecule is CCCCCCCCCCCC(=O)O[C@H]1CC[C@@]2(C)C(=CC=C3[C@@H]4CC[C@H]([C@H](C)/C=C/[C@H](C)C(C)C)[C@@]4(C)CC[C@@H]32)C1. The molecule has 4 aliphatic carbocycles. The molecule has 2 nitrogen and oxygen atoms in total. The lowest BCUT2D eigenvalue weighted by atomic mass is 9.50. The molecule has 0 aliphatic heterocycles. The summed E-state index contributed by atoms with van der Waals surface area (Å²) in [5.41, 5.74) is 4.00. The van der Waals surface area contributed by atoms with E-state index in [4.69, 9.17) is 4.74 Å². The molecular formula is C40H66O2. The number of ether oxygens (including phenoxy) is 1. The number of hydrogen-bond acceptors (Lipinski definition) is 2. The second kappa shape index (κ2) is 15.1. The number of unbranched alkanes of at least 4 members (excludes halogenated alkanes) is 8. The van der Waals surface area contributed by atoms with Gasteiger partial charge in [-0.05, 0) is 91.3 Å². The molecule has 2 heteroatoms. The van der Waals surface area contributed by atoms with Crippen LogP contribution in [0.2, 0.25) is 0 Å². The Labute approximate surface area is 260 Å². The average molecular weight is 579 g/mol. The number of fused-ring (bicyclic) bond motifs is 5. The third-order valence-corrected chi connectivity index (χ3v) is 12.8. The van der Waals surface area contributed by atoms with Crippen molar-refractivity contribution < 1.29 is 9.53 Å². The fourth-order valence-corrected chi connectivity index (χ4v) is 9.51. The van der Waals surface area contributed by atoms with E-state index >= 15 is 0 Å². The van der Waals surface area contributed by atoms with E-state index in [0.717, 1.165) is 37.5 Å². The predicted octanol–water partition coefficient (Wildman–Crippen LogP) is 11.8. The number of esters is 1. The van der Waals surface area contributed by atoms with E-state index in [2.05, 4.69) is 72.8 Å². The zero-order valence-electron chi connectivity index (χ0n) is 28.7. The van der Waals surface area contributed by atoms with Crippen molar-refractivity contribution in [3.8, 4) is 0 Å². The molecule has 3 fully saturated rings. The van der Waals surface area contributed by atoms with Crippen molar-refractivity contribution in [2.24, 2.45) is 46.3 Å². The van der Waals surface area contributed by atoms with E-state index in [9.17, 15) is 4.79 Å². The monoisotopic (exact) mass is 579 g/mol. The second-order valence-electron chi connectivity index (χ2n) is 15.9. The van der Waals surface area contributed by atoms with Gasteiger partial charge in [-0.3, -0.25) is 4.79 Å². The van der Waals surface area contributed by atoms with Crippen molar-refractivity contribution >= 4 is 5.97 Å². The summed E-state index contributed by atoms with van der Waals surface area (Å²) < 4.78 is 6.07. The zero-order chi connectivity index (χ0) is 30.3. The van der Waals surface area contributed by atoms with Crippen LogP contribution >= 0.6 is 0 Å². The molecule has 0 N–H and O–H groups in total. The summed E-state index contributed by atoms with van der Waals surface area (Å²) in [5.74, 6) is 4.27. The fraction of sp³-hybridized carbons (Fsp3) is 0.825. The van der Waals surface area contributed by atoms with Gasteiger partial charge in [0.05, 0.1) is 0 Å². The topological polar surface area (TPSA) is 26.3 Å². The van der Waals surface area contributed by atoms with Gasteiger partial charge in [-0.25, -0.2) is 0 Å². The summed E-state index contributed by atoms with van der Waals surface area (Å²) in [5, 5.41) is 0. The van der Waals surface area contributed by atoms with Crippen LogP contribution in [-0.4, -0.2) is 12.1 Å². The Balaban J connectivity index is 1.29. The number of carbonyl (C=O) groups excluding carboxylic acids is 1. The molecule has 0 aromatic carbocycles.